The van der Waals surface area contributed by atoms with E-state index in [9.17, 15) is 9.59 Å². The molecular weight excluding hydrogens is 338 g/mol. The summed E-state index contributed by atoms with van der Waals surface area (Å²) in [6, 6.07) is 6.32. The molecule has 0 saturated carbocycles. The Labute approximate surface area is 129 Å². The molecule has 7 heteroatoms. The Morgan fingerprint density at radius 1 is 1.33 bits per heavy atom. The zero-order valence-corrected chi connectivity index (χ0v) is 12.6. The van der Waals surface area contributed by atoms with Gasteiger partial charge in [0.15, 0.2) is 0 Å². The van der Waals surface area contributed by atoms with E-state index in [1.54, 1.807) is 0 Å². The van der Waals surface area contributed by atoms with E-state index in [0.717, 1.165) is 10.0 Å². The molecule has 0 fully saturated rings. The van der Waals surface area contributed by atoms with Gasteiger partial charge in [-0.2, -0.15) is 0 Å². The van der Waals surface area contributed by atoms with Crippen molar-refractivity contribution in [1.82, 2.24) is 15.3 Å². The lowest BCUT2D eigenvalue weighted by Gasteiger charge is -2.13. The molecule has 6 nitrogen and oxygen atoms in total. The largest absolute Gasteiger partial charge is 0.480 e. The first kappa shape index (κ1) is 15.2. The SMILES string of the molecule is O=C(Cc1ccc(Br)cc1)NC(Cc1cnc[nH]1)C(=O)O. The lowest BCUT2D eigenvalue weighted by molar-refractivity contribution is -0.141. The standard InChI is InChI=1S/C14H14BrN3O3/c15-10-3-1-9(2-4-10)5-13(19)18-12(14(20)21)6-11-7-16-8-17-11/h1-4,7-8,12H,5-6H2,(H,16,17)(H,18,19)(H,20,21). The molecule has 3 N–H and O–H groups in total. The minimum Gasteiger partial charge on any atom is -0.480 e. The van der Waals surface area contributed by atoms with Gasteiger partial charge in [-0.05, 0) is 17.7 Å². The maximum absolute atomic E-state index is 11.9. The number of hydrogen-bond acceptors (Lipinski definition) is 3. The number of aromatic amines is 1. The summed E-state index contributed by atoms with van der Waals surface area (Å²) in [5, 5.41) is 11.7. The van der Waals surface area contributed by atoms with Crippen LogP contribution in [0.25, 0.3) is 0 Å². The summed E-state index contributed by atoms with van der Waals surface area (Å²) in [4.78, 5) is 29.8. The van der Waals surface area contributed by atoms with Crippen molar-refractivity contribution in [3.63, 3.8) is 0 Å². The van der Waals surface area contributed by atoms with E-state index in [2.05, 4.69) is 31.2 Å². The summed E-state index contributed by atoms with van der Waals surface area (Å²) in [5.74, 6) is -1.40. The van der Waals surface area contributed by atoms with Gasteiger partial charge < -0.3 is 15.4 Å². The molecule has 0 saturated heterocycles. The molecule has 1 unspecified atom stereocenters. The lowest BCUT2D eigenvalue weighted by atomic mass is 10.1. The fourth-order valence-electron chi connectivity index (χ4n) is 1.85. The molecule has 0 radical (unpaired) electrons. The van der Waals surface area contributed by atoms with Crippen LogP contribution >= 0.6 is 15.9 Å². The summed E-state index contributed by atoms with van der Waals surface area (Å²) < 4.78 is 0.925. The number of nitrogens with zero attached hydrogens (tertiary/aromatic N) is 1. The van der Waals surface area contributed by atoms with Crippen LogP contribution in [0.3, 0.4) is 0 Å². The molecule has 1 atom stereocenters. The fourth-order valence-corrected chi connectivity index (χ4v) is 2.11. The van der Waals surface area contributed by atoms with Gasteiger partial charge in [-0.15, -0.1) is 0 Å². The highest BCUT2D eigenvalue weighted by Crippen LogP contribution is 2.11. The van der Waals surface area contributed by atoms with Crippen LogP contribution in [0.2, 0.25) is 0 Å². The van der Waals surface area contributed by atoms with E-state index in [1.807, 2.05) is 24.3 Å². The summed E-state index contributed by atoms with van der Waals surface area (Å²) in [5.41, 5.74) is 1.48. The highest BCUT2D eigenvalue weighted by molar-refractivity contribution is 9.10. The van der Waals surface area contributed by atoms with Gasteiger partial charge in [0.2, 0.25) is 5.91 Å². The minimum absolute atomic E-state index is 0.139. The van der Waals surface area contributed by atoms with E-state index in [-0.39, 0.29) is 18.7 Å². The van der Waals surface area contributed by atoms with Gasteiger partial charge in [-0.25, -0.2) is 9.78 Å². The monoisotopic (exact) mass is 351 g/mol. The number of halogens is 1. The highest BCUT2D eigenvalue weighted by atomic mass is 79.9. The van der Waals surface area contributed by atoms with Crippen molar-refractivity contribution >= 4 is 27.8 Å². The van der Waals surface area contributed by atoms with Crippen molar-refractivity contribution in [1.29, 1.82) is 0 Å². The number of aliphatic carboxylic acids is 1. The number of carboxylic acid groups (broad SMARTS) is 1. The Morgan fingerprint density at radius 2 is 2.05 bits per heavy atom. The number of rotatable bonds is 6. The Balaban J connectivity index is 1.95. The fraction of sp³-hybridized carbons (Fsp3) is 0.214. The van der Waals surface area contributed by atoms with Gasteiger partial charge >= 0.3 is 5.97 Å². The van der Waals surface area contributed by atoms with Gasteiger partial charge in [-0.1, -0.05) is 28.1 Å². The number of carboxylic acids is 1. The molecule has 0 bridgehead atoms. The van der Waals surface area contributed by atoms with Crippen LogP contribution in [-0.2, 0) is 22.4 Å². The number of carbonyl (C=O) groups is 2. The van der Waals surface area contributed by atoms with Crippen LogP contribution < -0.4 is 5.32 Å². The van der Waals surface area contributed by atoms with Crippen molar-refractivity contribution in [3.05, 3.63) is 52.5 Å². The molecule has 0 aliphatic rings. The molecule has 1 amide bonds. The molecule has 0 spiro atoms. The molecular formula is C14H14BrN3O3. The molecule has 1 aromatic heterocycles. The quantitative estimate of drug-likeness (QED) is 0.735. The normalized spacial score (nSPS) is 11.9. The zero-order valence-electron chi connectivity index (χ0n) is 11.0. The topological polar surface area (TPSA) is 95.1 Å². The second-order valence-corrected chi connectivity index (χ2v) is 5.46. The van der Waals surface area contributed by atoms with E-state index >= 15 is 0 Å². The van der Waals surface area contributed by atoms with E-state index in [4.69, 9.17) is 5.11 Å². The second kappa shape index (κ2) is 7.03. The third-order valence-electron chi connectivity index (χ3n) is 2.89. The summed E-state index contributed by atoms with van der Waals surface area (Å²) in [6.45, 7) is 0. The maximum atomic E-state index is 11.9. The van der Waals surface area contributed by atoms with E-state index < -0.39 is 12.0 Å². The number of carbonyl (C=O) groups excluding carboxylic acids is 1. The Bertz CT molecular complexity index is 611. The molecule has 21 heavy (non-hydrogen) atoms. The number of aromatic nitrogens is 2. The van der Waals surface area contributed by atoms with Gasteiger partial charge in [0.25, 0.3) is 0 Å². The van der Waals surface area contributed by atoms with Crippen LogP contribution in [0.4, 0.5) is 0 Å². The van der Waals surface area contributed by atoms with Crippen molar-refractivity contribution in [2.75, 3.05) is 0 Å². The average molecular weight is 352 g/mol. The minimum atomic E-state index is -1.08. The maximum Gasteiger partial charge on any atom is 0.326 e. The predicted octanol–water partition coefficient (Wildman–Crippen LogP) is 1.53. The Hall–Kier alpha value is -2.15. The smallest absolute Gasteiger partial charge is 0.326 e. The Morgan fingerprint density at radius 3 is 2.62 bits per heavy atom. The first-order valence-corrected chi connectivity index (χ1v) is 7.08. The van der Waals surface area contributed by atoms with Crippen LogP contribution in [0.1, 0.15) is 11.3 Å². The van der Waals surface area contributed by atoms with Gasteiger partial charge in [0.05, 0.1) is 12.7 Å². The van der Waals surface area contributed by atoms with Crippen molar-refractivity contribution in [3.8, 4) is 0 Å². The van der Waals surface area contributed by atoms with Crippen molar-refractivity contribution in [2.24, 2.45) is 0 Å². The van der Waals surface area contributed by atoms with Gasteiger partial charge in [-0.3, -0.25) is 4.79 Å². The Kier molecular flexibility index (Phi) is 5.10. The third-order valence-corrected chi connectivity index (χ3v) is 3.42. The van der Waals surface area contributed by atoms with Crippen molar-refractivity contribution in [2.45, 2.75) is 18.9 Å². The third kappa shape index (κ3) is 4.71. The lowest BCUT2D eigenvalue weighted by Crippen LogP contribution is -2.43. The molecule has 1 aromatic carbocycles. The van der Waals surface area contributed by atoms with Gasteiger partial charge in [0.1, 0.15) is 6.04 Å². The number of H-pyrrole nitrogens is 1. The highest BCUT2D eigenvalue weighted by Gasteiger charge is 2.21. The van der Waals surface area contributed by atoms with Crippen LogP contribution in [0.15, 0.2) is 41.3 Å². The number of imidazole rings is 1. The second-order valence-electron chi connectivity index (χ2n) is 4.54. The number of hydrogen-bond donors (Lipinski definition) is 3. The first-order chi connectivity index (χ1) is 10.0. The number of amides is 1. The molecule has 2 rings (SSSR count). The van der Waals surface area contributed by atoms with Crippen LogP contribution in [-0.4, -0.2) is 33.0 Å². The molecule has 110 valence electrons. The zero-order chi connectivity index (χ0) is 15.2. The predicted molar refractivity (Wildman–Crippen MR) is 79.7 cm³/mol. The summed E-state index contributed by atoms with van der Waals surface area (Å²) in [6.07, 6.45) is 3.32. The van der Waals surface area contributed by atoms with Crippen LogP contribution in [0, 0.1) is 0 Å². The molecule has 2 aromatic rings. The average Bonchev–Trinajstić information content (AvgIpc) is 2.93. The number of nitrogens with one attached hydrogen (secondary N) is 2. The van der Waals surface area contributed by atoms with Gasteiger partial charge in [0, 0.05) is 22.8 Å². The molecule has 0 aliphatic carbocycles. The first-order valence-electron chi connectivity index (χ1n) is 6.28. The molecule has 1 heterocycles. The van der Waals surface area contributed by atoms with E-state index in [1.165, 1.54) is 12.5 Å². The van der Waals surface area contributed by atoms with Crippen LogP contribution in [0.5, 0.6) is 0 Å². The summed E-state index contributed by atoms with van der Waals surface area (Å²) in [7, 11) is 0. The van der Waals surface area contributed by atoms with Crippen molar-refractivity contribution < 1.29 is 14.7 Å². The molecule has 0 aliphatic heterocycles. The summed E-state index contributed by atoms with van der Waals surface area (Å²) >= 11 is 3.32. The number of benzene rings is 1. The van der Waals surface area contributed by atoms with E-state index in [0.29, 0.717) is 5.69 Å².